The van der Waals surface area contributed by atoms with E-state index >= 15 is 0 Å². The van der Waals surface area contributed by atoms with E-state index < -0.39 is 43.5 Å². The number of benzene rings is 1. The number of halogens is 3. The van der Waals surface area contributed by atoms with E-state index in [0.29, 0.717) is 0 Å². The van der Waals surface area contributed by atoms with Gasteiger partial charge < -0.3 is 9.47 Å². The third-order valence-electron chi connectivity index (χ3n) is 3.15. The molecule has 156 valence electrons. The lowest BCUT2D eigenvalue weighted by molar-refractivity contribution is -0.385. The van der Waals surface area contributed by atoms with Gasteiger partial charge in [-0.1, -0.05) is 46.9 Å². The molecule has 0 aliphatic rings. The molecule has 1 aromatic carbocycles. The smallest absolute Gasteiger partial charge is 0.325 e. The largest absolute Gasteiger partial charge is 0.459 e. The van der Waals surface area contributed by atoms with Gasteiger partial charge >= 0.3 is 11.9 Å². The standard InChI is InChI=1S/C18H22Cl3NO6/c1-16(2,3)27-14(23)13(15(24)28-17(4,5)6)11-8-7-10(18(19,20)21)9-12(11)22(25)26/h7-9,13H,1-6H3. The van der Waals surface area contributed by atoms with Crippen LogP contribution in [0.5, 0.6) is 0 Å². The lowest BCUT2D eigenvalue weighted by Gasteiger charge is -2.26. The first-order valence-electron chi connectivity index (χ1n) is 8.23. The molecule has 28 heavy (non-hydrogen) atoms. The minimum Gasteiger partial charge on any atom is -0.459 e. The van der Waals surface area contributed by atoms with Crippen molar-refractivity contribution in [2.75, 3.05) is 0 Å². The van der Waals surface area contributed by atoms with Crippen molar-refractivity contribution in [2.24, 2.45) is 0 Å². The lowest BCUT2D eigenvalue weighted by atomic mass is 9.95. The highest BCUT2D eigenvalue weighted by molar-refractivity contribution is 6.66. The second-order valence-electron chi connectivity index (χ2n) is 8.03. The Kier molecular flexibility index (Phi) is 7.37. The fourth-order valence-electron chi connectivity index (χ4n) is 2.19. The molecule has 0 aliphatic heterocycles. The Morgan fingerprint density at radius 2 is 1.39 bits per heavy atom. The van der Waals surface area contributed by atoms with E-state index in [-0.39, 0.29) is 11.1 Å². The minimum atomic E-state index is -1.92. The Morgan fingerprint density at radius 1 is 0.964 bits per heavy atom. The van der Waals surface area contributed by atoms with Crippen molar-refractivity contribution in [3.63, 3.8) is 0 Å². The number of hydrogen-bond donors (Lipinski definition) is 0. The quantitative estimate of drug-likeness (QED) is 0.204. The van der Waals surface area contributed by atoms with Gasteiger partial charge in [-0.15, -0.1) is 0 Å². The number of alkyl halides is 3. The number of nitro groups is 1. The Labute approximate surface area is 178 Å². The average Bonchev–Trinajstić information content (AvgIpc) is 2.42. The van der Waals surface area contributed by atoms with Gasteiger partial charge in [0, 0.05) is 11.6 Å². The molecular formula is C18H22Cl3NO6. The maximum atomic E-state index is 12.7. The van der Waals surface area contributed by atoms with Gasteiger partial charge in [-0.3, -0.25) is 19.7 Å². The molecule has 0 N–H and O–H groups in total. The van der Waals surface area contributed by atoms with Gasteiger partial charge in [-0.2, -0.15) is 0 Å². The van der Waals surface area contributed by atoms with Crippen LogP contribution < -0.4 is 0 Å². The lowest BCUT2D eigenvalue weighted by Crippen LogP contribution is -2.35. The normalized spacial score (nSPS) is 12.6. The zero-order valence-corrected chi connectivity index (χ0v) is 18.6. The zero-order valence-electron chi connectivity index (χ0n) is 16.3. The highest BCUT2D eigenvalue weighted by atomic mass is 35.6. The topological polar surface area (TPSA) is 95.7 Å². The van der Waals surface area contributed by atoms with Crippen LogP contribution in [0.15, 0.2) is 18.2 Å². The van der Waals surface area contributed by atoms with E-state index in [4.69, 9.17) is 44.3 Å². The highest BCUT2D eigenvalue weighted by Crippen LogP contribution is 2.41. The molecule has 0 saturated carbocycles. The van der Waals surface area contributed by atoms with Crippen LogP contribution in [0.4, 0.5) is 5.69 Å². The first-order valence-corrected chi connectivity index (χ1v) is 9.37. The molecule has 0 heterocycles. The third-order valence-corrected chi connectivity index (χ3v) is 3.81. The number of ether oxygens (including phenoxy) is 2. The van der Waals surface area contributed by atoms with Crippen LogP contribution in [0.25, 0.3) is 0 Å². The average molecular weight is 455 g/mol. The predicted octanol–water partition coefficient (Wildman–Crippen LogP) is 5.19. The van der Waals surface area contributed by atoms with Crippen molar-refractivity contribution >= 4 is 52.4 Å². The maximum Gasteiger partial charge on any atom is 0.325 e. The van der Waals surface area contributed by atoms with Gasteiger partial charge in [0.15, 0.2) is 5.92 Å². The summed E-state index contributed by atoms with van der Waals surface area (Å²) < 4.78 is 8.64. The van der Waals surface area contributed by atoms with Gasteiger partial charge in [0.25, 0.3) is 5.69 Å². The van der Waals surface area contributed by atoms with Gasteiger partial charge in [0.05, 0.1) is 10.5 Å². The molecule has 0 aliphatic carbocycles. The fourth-order valence-corrected chi connectivity index (χ4v) is 2.55. The minimum absolute atomic E-state index is 0.0140. The zero-order chi connectivity index (χ0) is 22.1. The molecule has 0 fully saturated rings. The first-order chi connectivity index (χ1) is 12.4. The van der Waals surface area contributed by atoms with Crippen LogP contribution in [0.2, 0.25) is 0 Å². The molecular weight excluding hydrogens is 433 g/mol. The molecule has 1 aromatic rings. The summed E-state index contributed by atoms with van der Waals surface area (Å²) in [4.78, 5) is 36.3. The van der Waals surface area contributed by atoms with Gasteiger partial charge in [-0.25, -0.2) is 0 Å². The van der Waals surface area contributed by atoms with Crippen LogP contribution >= 0.6 is 34.8 Å². The molecule has 0 bridgehead atoms. The summed E-state index contributed by atoms with van der Waals surface area (Å²) in [5.41, 5.74) is -2.62. The number of rotatable bonds is 4. The second-order valence-corrected chi connectivity index (χ2v) is 10.3. The van der Waals surface area contributed by atoms with E-state index in [1.54, 1.807) is 41.5 Å². The number of nitro benzene ring substituents is 1. The third kappa shape index (κ3) is 7.11. The van der Waals surface area contributed by atoms with E-state index in [1.165, 1.54) is 12.1 Å². The van der Waals surface area contributed by atoms with Crippen LogP contribution in [0.1, 0.15) is 58.6 Å². The predicted molar refractivity (Wildman–Crippen MR) is 107 cm³/mol. The molecule has 0 amide bonds. The van der Waals surface area contributed by atoms with E-state index in [2.05, 4.69) is 0 Å². The first kappa shape index (κ1) is 24.5. The Balaban J connectivity index is 3.58. The number of nitrogens with zero attached hydrogens (tertiary/aromatic N) is 1. The van der Waals surface area contributed by atoms with Crippen molar-refractivity contribution < 1.29 is 24.0 Å². The summed E-state index contributed by atoms with van der Waals surface area (Å²) in [6.45, 7) is 9.65. The fraction of sp³-hybridized carbons (Fsp3) is 0.556. The monoisotopic (exact) mass is 453 g/mol. The molecule has 0 aromatic heterocycles. The van der Waals surface area contributed by atoms with Crippen LogP contribution in [-0.2, 0) is 22.9 Å². The number of hydrogen-bond acceptors (Lipinski definition) is 6. The summed E-state index contributed by atoms with van der Waals surface area (Å²) in [6, 6.07) is 3.48. The number of carbonyl (C=O) groups is 2. The summed E-state index contributed by atoms with van der Waals surface area (Å²) in [5, 5.41) is 11.6. The maximum absolute atomic E-state index is 12.7. The van der Waals surface area contributed by atoms with Crippen LogP contribution in [-0.4, -0.2) is 28.1 Å². The van der Waals surface area contributed by atoms with Crippen molar-refractivity contribution in [1.82, 2.24) is 0 Å². The Morgan fingerprint density at radius 3 is 1.71 bits per heavy atom. The Bertz CT molecular complexity index is 747. The van der Waals surface area contributed by atoms with Gasteiger partial charge in [-0.05, 0) is 41.5 Å². The van der Waals surface area contributed by atoms with Crippen LogP contribution in [0.3, 0.4) is 0 Å². The Hall–Kier alpha value is -1.57. The summed E-state index contributed by atoms with van der Waals surface area (Å²) in [5.74, 6) is -3.64. The van der Waals surface area contributed by atoms with Crippen molar-refractivity contribution in [1.29, 1.82) is 0 Å². The van der Waals surface area contributed by atoms with Crippen molar-refractivity contribution in [2.45, 2.75) is 62.5 Å². The van der Waals surface area contributed by atoms with E-state index in [1.807, 2.05) is 0 Å². The molecule has 0 saturated heterocycles. The van der Waals surface area contributed by atoms with Crippen LogP contribution in [0, 0.1) is 10.1 Å². The summed E-state index contributed by atoms with van der Waals surface area (Å²) in [6.07, 6.45) is 0. The number of esters is 2. The molecule has 10 heteroatoms. The van der Waals surface area contributed by atoms with Gasteiger partial charge in [0.2, 0.25) is 3.79 Å². The summed E-state index contributed by atoms with van der Waals surface area (Å²) in [7, 11) is 0. The number of carbonyl (C=O) groups excluding carboxylic acids is 2. The second kappa shape index (κ2) is 8.43. The van der Waals surface area contributed by atoms with E-state index in [9.17, 15) is 19.7 Å². The molecule has 0 unspecified atom stereocenters. The van der Waals surface area contributed by atoms with E-state index in [0.717, 1.165) is 6.07 Å². The molecule has 0 spiro atoms. The SMILES string of the molecule is CC(C)(C)OC(=O)C(C(=O)OC(C)(C)C)c1ccc(C(Cl)(Cl)Cl)cc1[N+](=O)[O-]. The van der Waals surface area contributed by atoms with Crippen molar-refractivity contribution in [3.05, 3.63) is 39.4 Å². The van der Waals surface area contributed by atoms with Crippen molar-refractivity contribution in [3.8, 4) is 0 Å². The molecule has 1 rings (SSSR count). The highest BCUT2D eigenvalue weighted by Gasteiger charge is 2.41. The molecule has 0 radical (unpaired) electrons. The van der Waals surface area contributed by atoms with Gasteiger partial charge in [0.1, 0.15) is 11.2 Å². The molecule has 7 nitrogen and oxygen atoms in total. The molecule has 0 atom stereocenters. The summed E-state index contributed by atoms with van der Waals surface area (Å²) >= 11 is 17.4.